The van der Waals surface area contributed by atoms with Gasteiger partial charge in [0.2, 0.25) is 5.91 Å². The Balaban J connectivity index is 2.33. The van der Waals surface area contributed by atoms with Gasteiger partial charge >= 0.3 is 0 Å². The van der Waals surface area contributed by atoms with Crippen LogP contribution in [0.3, 0.4) is 0 Å². The molecule has 1 saturated heterocycles. The van der Waals surface area contributed by atoms with Crippen LogP contribution >= 0.6 is 0 Å². The highest BCUT2D eigenvalue weighted by molar-refractivity contribution is 5.75. The number of nitrogens with one attached hydrogen (secondary N) is 2. The lowest BCUT2D eigenvalue weighted by Gasteiger charge is -2.42. The maximum absolute atomic E-state index is 11.3. The fraction of sp³-hybridized carbons (Fsp3) is 0.909. The largest absolute Gasteiger partial charge is 0.356 e. The highest BCUT2D eigenvalue weighted by Crippen LogP contribution is 2.15. The summed E-state index contributed by atoms with van der Waals surface area (Å²) < 4.78 is 0. The number of carbonyl (C=O) groups excluding carboxylic acids is 1. The Kier molecular flexibility index (Phi) is 4.54. The minimum atomic E-state index is 0.159. The van der Waals surface area contributed by atoms with Crippen molar-refractivity contribution >= 4 is 5.91 Å². The van der Waals surface area contributed by atoms with Crippen molar-refractivity contribution in [2.45, 2.75) is 32.7 Å². The minimum absolute atomic E-state index is 0.159. The van der Waals surface area contributed by atoms with E-state index in [4.69, 9.17) is 0 Å². The van der Waals surface area contributed by atoms with Gasteiger partial charge in [0.05, 0.1) is 0 Å². The molecule has 15 heavy (non-hydrogen) atoms. The van der Waals surface area contributed by atoms with Crippen molar-refractivity contribution in [1.82, 2.24) is 15.5 Å². The van der Waals surface area contributed by atoms with Gasteiger partial charge in [0.15, 0.2) is 0 Å². The van der Waals surface area contributed by atoms with Gasteiger partial charge in [-0.15, -0.1) is 0 Å². The van der Waals surface area contributed by atoms with E-state index in [9.17, 15) is 4.79 Å². The third kappa shape index (κ3) is 3.80. The first-order valence-corrected chi connectivity index (χ1v) is 5.79. The normalized spacial score (nSPS) is 21.3. The Morgan fingerprint density at radius 3 is 2.87 bits per heavy atom. The number of piperazine rings is 1. The van der Waals surface area contributed by atoms with E-state index in [0.29, 0.717) is 6.42 Å². The molecule has 0 aromatic heterocycles. The summed E-state index contributed by atoms with van der Waals surface area (Å²) in [4.78, 5) is 13.7. The predicted octanol–water partition coefficient (Wildman–Crippen LogP) is 0.196. The van der Waals surface area contributed by atoms with Crippen LogP contribution in [0.1, 0.15) is 27.2 Å². The zero-order valence-electron chi connectivity index (χ0n) is 10.1. The average molecular weight is 213 g/mol. The van der Waals surface area contributed by atoms with E-state index in [1.54, 1.807) is 0 Å². The Morgan fingerprint density at radius 1 is 1.53 bits per heavy atom. The number of hydrogen-bond donors (Lipinski definition) is 2. The smallest absolute Gasteiger partial charge is 0.221 e. The summed E-state index contributed by atoms with van der Waals surface area (Å²) in [7, 11) is 0. The van der Waals surface area contributed by atoms with Gasteiger partial charge in [0.25, 0.3) is 0 Å². The molecular weight excluding hydrogens is 190 g/mol. The standard InChI is InChI=1S/C11H23N3O/c1-4-13-10(15)5-7-14-8-6-12-9-11(14,2)3/h12H,4-9H2,1-3H3,(H,13,15). The van der Waals surface area contributed by atoms with Crippen LogP contribution in [-0.4, -0.2) is 49.1 Å². The van der Waals surface area contributed by atoms with Crippen LogP contribution in [0.25, 0.3) is 0 Å². The summed E-state index contributed by atoms with van der Waals surface area (Å²) >= 11 is 0. The Labute approximate surface area is 92.4 Å². The second-order valence-electron chi connectivity index (χ2n) is 4.68. The van der Waals surface area contributed by atoms with Gasteiger partial charge in [-0.2, -0.15) is 0 Å². The van der Waals surface area contributed by atoms with Crippen LogP contribution < -0.4 is 10.6 Å². The minimum Gasteiger partial charge on any atom is -0.356 e. The second-order valence-corrected chi connectivity index (χ2v) is 4.68. The summed E-state index contributed by atoms with van der Waals surface area (Å²) in [5.74, 6) is 0.159. The van der Waals surface area contributed by atoms with E-state index in [0.717, 1.165) is 32.7 Å². The first-order chi connectivity index (χ1) is 7.06. The molecule has 1 fully saturated rings. The van der Waals surface area contributed by atoms with Crippen LogP contribution in [0, 0.1) is 0 Å². The van der Waals surface area contributed by atoms with Crippen molar-refractivity contribution < 1.29 is 4.79 Å². The summed E-state index contributed by atoms with van der Waals surface area (Å²) in [6.45, 7) is 11.0. The lowest BCUT2D eigenvalue weighted by atomic mass is 10.00. The molecule has 1 aliphatic heterocycles. The lowest BCUT2D eigenvalue weighted by molar-refractivity contribution is -0.121. The quantitative estimate of drug-likeness (QED) is 0.701. The van der Waals surface area contributed by atoms with Crippen molar-refractivity contribution in [2.24, 2.45) is 0 Å². The molecule has 0 aromatic rings. The number of amides is 1. The van der Waals surface area contributed by atoms with Gasteiger partial charge in [-0.25, -0.2) is 0 Å². The van der Waals surface area contributed by atoms with Crippen molar-refractivity contribution in [2.75, 3.05) is 32.7 Å². The highest BCUT2D eigenvalue weighted by atomic mass is 16.1. The molecule has 4 nitrogen and oxygen atoms in total. The van der Waals surface area contributed by atoms with Gasteiger partial charge < -0.3 is 10.6 Å². The SMILES string of the molecule is CCNC(=O)CCN1CCNCC1(C)C. The Morgan fingerprint density at radius 2 is 2.27 bits per heavy atom. The molecule has 0 aliphatic carbocycles. The van der Waals surface area contributed by atoms with E-state index in [-0.39, 0.29) is 11.4 Å². The third-order valence-corrected chi connectivity index (χ3v) is 2.95. The van der Waals surface area contributed by atoms with E-state index < -0.39 is 0 Å². The molecule has 0 spiro atoms. The summed E-state index contributed by atoms with van der Waals surface area (Å²) in [5, 5.41) is 6.21. The monoisotopic (exact) mass is 213 g/mol. The summed E-state index contributed by atoms with van der Waals surface area (Å²) in [6, 6.07) is 0. The highest BCUT2D eigenvalue weighted by Gasteiger charge is 2.29. The van der Waals surface area contributed by atoms with E-state index >= 15 is 0 Å². The van der Waals surface area contributed by atoms with Gasteiger partial charge in [0.1, 0.15) is 0 Å². The molecule has 0 aromatic carbocycles. The van der Waals surface area contributed by atoms with Crippen molar-refractivity contribution in [3.8, 4) is 0 Å². The fourth-order valence-electron chi connectivity index (χ4n) is 1.96. The number of hydrogen-bond acceptors (Lipinski definition) is 3. The first kappa shape index (κ1) is 12.5. The van der Waals surface area contributed by atoms with Gasteiger partial charge in [-0.05, 0) is 20.8 Å². The van der Waals surface area contributed by atoms with Crippen LogP contribution in [0.4, 0.5) is 0 Å². The second kappa shape index (κ2) is 5.47. The molecule has 1 aliphatic rings. The summed E-state index contributed by atoms with van der Waals surface area (Å²) in [5.41, 5.74) is 0.171. The maximum Gasteiger partial charge on any atom is 0.221 e. The predicted molar refractivity (Wildman–Crippen MR) is 61.8 cm³/mol. The first-order valence-electron chi connectivity index (χ1n) is 5.79. The fourth-order valence-corrected chi connectivity index (χ4v) is 1.96. The molecular formula is C11H23N3O. The number of rotatable bonds is 4. The molecule has 1 amide bonds. The van der Waals surface area contributed by atoms with Gasteiger partial charge in [0, 0.05) is 44.7 Å². The molecule has 0 saturated carbocycles. The van der Waals surface area contributed by atoms with Crippen LogP contribution in [-0.2, 0) is 4.79 Å². The lowest BCUT2D eigenvalue weighted by Crippen LogP contribution is -2.58. The zero-order chi connectivity index (χ0) is 11.3. The molecule has 0 bridgehead atoms. The number of nitrogens with zero attached hydrogens (tertiary/aromatic N) is 1. The maximum atomic E-state index is 11.3. The van der Waals surface area contributed by atoms with Gasteiger partial charge in [-0.3, -0.25) is 9.69 Å². The molecule has 88 valence electrons. The molecule has 0 radical (unpaired) electrons. The Bertz CT molecular complexity index is 216. The molecule has 0 atom stereocenters. The van der Waals surface area contributed by atoms with Crippen molar-refractivity contribution in [1.29, 1.82) is 0 Å². The van der Waals surface area contributed by atoms with E-state index in [2.05, 4.69) is 29.4 Å². The average Bonchev–Trinajstić information content (AvgIpc) is 2.16. The van der Waals surface area contributed by atoms with Crippen molar-refractivity contribution in [3.63, 3.8) is 0 Å². The van der Waals surface area contributed by atoms with Crippen LogP contribution in [0.2, 0.25) is 0 Å². The zero-order valence-corrected chi connectivity index (χ0v) is 10.1. The third-order valence-electron chi connectivity index (χ3n) is 2.95. The molecule has 1 heterocycles. The molecule has 4 heteroatoms. The Hall–Kier alpha value is -0.610. The van der Waals surface area contributed by atoms with E-state index in [1.165, 1.54) is 0 Å². The van der Waals surface area contributed by atoms with Crippen LogP contribution in [0.5, 0.6) is 0 Å². The molecule has 0 unspecified atom stereocenters. The number of carbonyl (C=O) groups is 1. The topological polar surface area (TPSA) is 44.4 Å². The summed E-state index contributed by atoms with van der Waals surface area (Å²) in [6.07, 6.45) is 0.608. The van der Waals surface area contributed by atoms with E-state index in [1.807, 2.05) is 6.92 Å². The van der Waals surface area contributed by atoms with Gasteiger partial charge in [-0.1, -0.05) is 0 Å². The molecule has 1 rings (SSSR count). The molecule has 2 N–H and O–H groups in total. The van der Waals surface area contributed by atoms with Crippen molar-refractivity contribution in [3.05, 3.63) is 0 Å². The van der Waals surface area contributed by atoms with Crippen LogP contribution in [0.15, 0.2) is 0 Å².